The van der Waals surface area contributed by atoms with Gasteiger partial charge in [-0.2, -0.15) is 5.10 Å². The molecule has 0 amide bonds. The van der Waals surface area contributed by atoms with E-state index >= 15 is 0 Å². The van der Waals surface area contributed by atoms with Gasteiger partial charge < -0.3 is 24.7 Å². The summed E-state index contributed by atoms with van der Waals surface area (Å²) in [6, 6.07) is 14.3. The lowest BCUT2D eigenvalue weighted by Crippen LogP contribution is -2.28. The summed E-state index contributed by atoms with van der Waals surface area (Å²) >= 11 is 5.25. The van der Waals surface area contributed by atoms with Gasteiger partial charge in [0.15, 0.2) is 5.11 Å². The van der Waals surface area contributed by atoms with Crippen molar-refractivity contribution in [2.45, 2.75) is 13.3 Å². The lowest BCUT2D eigenvalue weighted by Gasteiger charge is -2.10. The second kappa shape index (κ2) is 10.1. The van der Waals surface area contributed by atoms with Gasteiger partial charge in [0.25, 0.3) is 0 Å². The number of benzene rings is 2. The summed E-state index contributed by atoms with van der Waals surface area (Å²) in [5.74, 6) is -0.0576. The van der Waals surface area contributed by atoms with Gasteiger partial charge in [-0.05, 0) is 72.7 Å². The van der Waals surface area contributed by atoms with Crippen LogP contribution in [0.25, 0.3) is 0 Å². The zero-order valence-corrected chi connectivity index (χ0v) is 15.8. The maximum absolute atomic E-state index is 10.4. The van der Waals surface area contributed by atoms with E-state index < -0.39 is 12.6 Å². The molecular weight excluding hydrogens is 366 g/mol. The van der Waals surface area contributed by atoms with Crippen LogP contribution in [0.4, 0.5) is 5.69 Å². The Balaban J connectivity index is 1.96. The van der Waals surface area contributed by atoms with Crippen molar-refractivity contribution >= 4 is 34.7 Å². The fourth-order valence-electron chi connectivity index (χ4n) is 2.19. The highest BCUT2D eigenvalue weighted by Crippen LogP contribution is 2.15. The van der Waals surface area contributed by atoms with Crippen molar-refractivity contribution in [2.75, 3.05) is 19.0 Å². The molecule has 2 aromatic rings. The fourth-order valence-corrected chi connectivity index (χ4v) is 2.35. The number of carboxylic acid groups (broad SMARTS) is 1. The van der Waals surface area contributed by atoms with E-state index in [1.807, 2.05) is 31.2 Å². The largest absolute Gasteiger partial charge is 0.546 e. The molecule has 2 aromatic carbocycles. The molecule has 2 rings (SSSR count). The second-order valence-electron chi connectivity index (χ2n) is 5.39. The summed E-state index contributed by atoms with van der Waals surface area (Å²) in [7, 11) is 1.61. The number of carbonyl (C=O) groups excluding carboxylic acids is 1. The zero-order valence-electron chi connectivity index (χ0n) is 15.0. The van der Waals surface area contributed by atoms with E-state index in [9.17, 15) is 9.90 Å². The van der Waals surface area contributed by atoms with Crippen LogP contribution in [-0.2, 0) is 4.79 Å². The van der Waals surface area contributed by atoms with E-state index in [0.29, 0.717) is 17.3 Å². The summed E-state index contributed by atoms with van der Waals surface area (Å²) in [6.07, 6.45) is 0.678. The molecule has 0 aliphatic carbocycles. The lowest BCUT2D eigenvalue weighted by atomic mass is 10.1. The van der Waals surface area contributed by atoms with Gasteiger partial charge in [-0.25, -0.2) is 0 Å². The molecule has 0 saturated carbocycles. The van der Waals surface area contributed by atoms with Gasteiger partial charge >= 0.3 is 0 Å². The molecule has 0 radical (unpaired) electrons. The van der Waals surface area contributed by atoms with Crippen LogP contribution in [0.15, 0.2) is 53.6 Å². The van der Waals surface area contributed by atoms with Crippen molar-refractivity contribution < 1.29 is 19.4 Å². The molecule has 0 aliphatic rings. The molecular formula is C19H20N3O4S-. The highest BCUT2D eigenvalue weighted by atomic mass is 32.1. The molecule has 0 aliphatic heterocycles. The summed E-state index contributed by atoms with van der Waals surface area (Å²) in [6.45, 7) is 1.49. The van der Waals surface area contributed by atoms with Gasteiger partial charge in [0.1, 0.15) is 18.1 Å². The first kappa shape index (κ1) is 20.2. The first-order chi connectivity index (χ1) is 13.0. The van der Waals surface area contributed by atoms with E-state index in [1.165, 1.54) is 0 Å². The molecule has 27 heavy (non-hydrogen) atoms. The van der Waals surface area contributed by atoms with Crippen LogP contribution in [0.1, 0.15) is 18.9 Å². The average molecular weight is 386 g/mol. The van der Waals surface area contributed by atoms with Crippen LogP contribution in [-0.4, -0.2) is 30.5 Å². The molecule has 0 fully saturated rings. The van der Waals surface area contributed by atoms with Crippen LogP contribution in [0, 0.1) is 0 Å². The van der Waals surface area contributed by atoms with Crippen LogP contribution < -0.4 is 25.3 Å². The van der Waals surface area contributed by atoms with Gasteiger partial charge in [0, 0.05) is 5.69 Å². The number of hydrogen-bond acceptors (Lipinski definition) is 6. The van der Waals surface area contributed by atoms with Gasteiger partial charge in [-0.1, -0.05) is 6.92 Å². The first-order valence-corrected chi connectivity index (χ1v) is 8.63. The summed E-state index contributed by atoms with van der Waals surface area (Å²) in [4.78, 5) is 10.4. The molecule has 7 nitrogen and oxygen atoms in total. The smallest absolute Gasteiger partial charge is 0.191 e. The second-order valence-corrected chi connectivity index (χ2v) is 5.80. The number of aliphatic carboxylic acids is 1. The summed E-state index contributed by atoms with van der Waals surface area (Å²) < 4.78 is 10.2. The Morgan fingerprint density at radius 2 is 1.74 bits per heavy atom. The maximum Gasteiger partial charge on any atom is 0.191 e. The molecule has 0 unspecified atom stereocenters. The molecule has 0 aromatic heterocycles. The Morgan fingerprint density at radius 1 is 1.11 bits per heavy atom. The Bertz CT molecular complexity index is 805. The highest BCUT2D eigenvalue weighted by molar-refractivity contribution is 7.80. The summed E-state index contributed by atoms with van der Waals surface area (Å²) in [5, 5.41) is 18.2. The quantitative estimate of drug-likeness (QED) is 0.407. The predicted octanol–water partition coefficient (Wildman–Crippen LogP) is 1.92. The van der Waals surface area contributed by atoms with Crippen molar-refractivity contribution in [3.63, 3.8) is 0 Å². The third-order valence-corrected chi connectivity index (χ3v) is 3.71. The molecule has 2 N–H and O–H groups in total. The SMILES string of the molecule is CC/C(=N/NC(=S)Nc1ccc(OC)cc1)c1ccc(OCC(=O)[O-])cc1. The fraction of sp³-hybridized carbons (Fsp3) is 0.211. The Morgan fingerprint density at radius 3 is 2.30 bits per heavy atom. The molecule has 0 heterocycles. The molecule has 0 atom stereocenters. The third kappa shape index (κ3) is 6.59. The number of thiocarbonyl (C=S) groups is 1. The number of carbonyl (C=O) groups is 1. The third-order valence-electron chi connectivity index (χ3n) is 3.52. The lowest BCUT2D eigenvalue weighted by molar-refractivity contribution is -0.307. The molecule has 0 bridgehead atoms. The normalized spacial score (nSPS) is 10.8. The maximum atomic E-state index is 10.4. The number of nitrogens with zero attached hydrogens (tertiary/aromatic N) is 1. The Kier molecular flexibility index (Phi) is 7.57. The minimum absolute atomic E-state index is 0.361. The minimum Gasteiger partial charge on any atom is -0.546 e. The number of nitrogens with one attached hydrogen (secondary N) is 2. The summed E-state index contributed by atoms with van der Waals surface area (Å²) in [5.41, 5.74) is 5.30. The van der Waals surface area contributed by atoms with E-state index in [2.05, 4.69) is 15.8 Å². The van der Waals surface area contributed by atoms with Crippen molar-refractivity contribution in [1.29, 1.82) is 0 Å². The van der Waals surface area contributed by atoms with Gasteiger partial charge in [-0.3, -0.25) is 5.43 Å². The van der Waals surface area contributed by atoms with Crippen molar-refractivity contribution in [2.24, 2.45) is 5.10 Å². The van der Waals surface area contributed by atoms with Gasteiger partial charge in [0.2, 0.25) is 0 Å². The van der Waals surface area contributed by atoms with Crippen LogP contribution in [0.2, 0.25) is 0 Å². The number of rotatable bonds is 8. The van der Waals surface area contributed by atoms with E-state index in [4.69, 9.17) is 21.7 Å². The molecule has 0 spiro atoms. The van der Waals surface area contributed by atoms with Crippen LogP contribution in [0.5, 0.6) is 11.5 Å². The number of ether oxygens (including phenoxy) is 2. The number of hydrogen-bond donors (Lipinski definition) is 2. The molecule has 0 saturated heterocycles. The van der Waals surface area contributed by atoms with Gasteiger partial charge in [-0.15, -0.1) is 0 Å². The number of carboxylic acids is 1. The van der Waals surface area contributed by atoms with Crippen LogP contribution >= 0.6 is 12.2 Å². The first-order valence-electron chi connectivity index (χ1n) is 8.22. The molecule has 142 valence electrons. The van der Waals surface area contributed by atoms with Gasteiger partial charge in [0.05, 0.1) is 18.8 Å². The standard InChI is InChI=1S/C19H21N3O4S/c1-3-17(13-4-8-16(9-5-13)26-12-18(23)24)21-22-19(27)20-14-6-10-15(25-2)11-7-14/h4-11H,3,12H2,1-2H3,(H,23,24)(H2,20,22,27)/p-1/b21-17-. The van der Waals surface area contributed by atoms with Crippen molar-refractivity contribution in [1.82, 2.24) is 5.43 Å². The molecule has 8 heteroatoms. The number of methoxy groups -OCH3 is 1. The topological polar surface area (TPSA) is 95.0 Å². The Labute approximate surface area is 163 Å². The van der Waals surface area contributed by atoms with Crippen molar-refractivity contribution in [3.8, 4) is 11.5 Å². The number of anilines is 1. The monoisotopic (exact) mass is 386 g/mol. The highest BCUT2D eigenvalue weighted by Gasteiger charge is 2.04. The zero-order chi connectivity index (χ0) is 19.6. The Hall–Kier alpha value is -3.13. The van der Waals surface area contributed by atoms with E-state index in [0.717, 1.165) is 22.7 Å². The van der Waals surface area contributed by atoms with E-state index in [1.54, 1.807) is 31.4 Å². The minimum atomic E-state index is -1.27. The number of hydrazone groups is 1. The van der Waals surface area contributed by atoms with Crippen molar-refractivity contribution in [3.05, 3.63) is 54.1 Å². The van der Waals surface area contributed by atoms with E-state index in [-0.39, 0.29) is 0 Å². The van der Waals surface area contributed by atoms with Crippen LogP contribution in [0.3, 0.4) is 0 Å². The average Bonchev–Trinajstić information content (AvgIpc) is 2.68. The predicted molar refractivity (Wildman–Crippen MR) is 106 cm³/mol.